The molecule has 0 atom stereocenters. The number of hydrogen-bond acceptors (Lipinski definition) is 4. The van der Waals surface area contributed by atoms with Gasteiger partial charge in [0.1, 0.15) is 0 Å². The molecule has 6 heteroatoms. The van der Waals surface area contributed by atoms with Crippen LogP contribution in [0.5, 0.6) is 0 Å². The number of imidazole rings is 2. The maximum Gasteiger partial charge on any atom is 0.220 e. The summed E-state index contributed by atoms with van der Waals surface area (Å²) in [5.74, 6) is 1.54. The summed E-state index contributed by atoms with van der Waals surface area (Å²) < 4.78 is 7.00. The molecule has 13 aromatic rings. The molecule has 13 rings (SSSR count). The zero-order chi connectivity index (χ0) is 42.8. The van der Waals surface area contributed by atoms with E-state index in [4.69, 9.17) is 15.0 Å². The van der Waals surface area contributed by atoms with Crippen LogP contribution < -0.4 is 0 Å². The summed E-state index contributed by atoms with van der Waals surface area (Å²) in [6.07, 6.45) is 0. The lowest BCUT2D eigenvalue weighted by atomic mass is 9.91. The molecule has 0 saturated heterocycles. The van der Waals surface area contributed by atoms with Crippen LogP contribution in [0.15, 0.2) is 224 Å². The standard InChI is InChI=1S/C59H37N5S/c1-6-18-38(19-7-1)43-30-32-49-51(36-43)63-52-37-44(39-20-8-2-9-21-39)31-33-50(52)64(59(63)60-49)56-47(40-22-10-3-11-23-40)34-45(35-48(56)41-24-12-4-13-25-41)54-57-55(46-28-16-17-29-53(46)65-57)62-58(61-54)42-26-14-5-15-27-42/h1-37H. The third-order valence-electron chi connectivity index (χ3n) is 12.5. The second kappa shape index (κ2) is 15.1. The van der Waals surface area contributed by atoms with Crippen LogP contribution in [0.3, 0.4) is 0 Å². The second-order valence-corrected chi connectivity index (χ2v) is 17.5. The minimum absolute atomic E-state index is 0.703. The van der Waals surface area contributed by atoms with Gasteiger partial charge in [-0.3, -0.25) is 8.97 Å². The summed E-state index contributed by atoms with van der Waals surface area (Å²) in [6, 6.07) is 79.8. The Morgan fingerprint density at radius 3 is 1.51 bits per heavy atom. The molecule has 0 bridgehead atoms. The zero-order valence-corrected chi connectivity index (χ0v) is 35.8. The number of thiophene rings is 1. The van der Waals surface area contributed by atoms with E-state index in [1.54, 1.807) is 11.3 Å². The van der Waals surface area contributed by atoms with Gasteiger partial charge in [0.25, 0.3) is 0 Å². The van der Waals surface area contributed by atoms with Gasteiger partial charge in [0.2, 0.25) is 5.78 Å². The molecule has 0 unspecified atom stereocenters. The smallest absolute Gasteiger partial charge is 0.220 e. The highest BCUT2D eigenvalue weighted by Gasteiger charge is 2.26. The van der Waals surface area contributed by atoms with E-state index in [9.17, 15) is 0 Å². The molecule has 0 aliphatic carbocycles. The minimum Gasteiger partial charge on any atom is -0.277 e. The molecule has 0 amide bonds. The Bertz CT molecular complexity index is 3850. The zero-order valence-electron chi connectivity index (χ0n) is 35.0. The largest absolute Gasteiger partial charge is 0.277 e. The maximum absolute atomic E-state index is 5.53. The molecule has 0 aliphatic rings. The van der Waals surface area contributed by atoms with Crippen LogP contribution in [-0.2, 0) is 0 Å². The maximum atomic E-state index is 5.53. The highest BCUT2D eigenvalue weighted by Crippen LogP contribution is 2.46. The van der Waals surface area contributed by atoms with Crippen molar-refractivity contribution in [2.75, 3.05) is 0 Å². The Morgan fingerprint density at radius 2 is 0.892 bits per heavy atom. The fraction of sp³-hybridized carbons (Fsp3) is 0. The van der Waals surface area contributed by atoms with Crippen LogP contribution in [0.4, 0.5) is 0 Å². The molecule has 0 N–H and O–H groups in total. The van der Waals surface area contributed by atoms with Gasteiger partial charge < -0.3 is 0 Å². The van der Waals surface area contributed by atoms with Crippen LogP contribution in [0, 0.1) is 0 Å². The van der Waals surface area contributed by atoms with Crippen LogP contribution in [0.1, 0.15) is 0 Å². The molecular formula is C59H37N5S. The first-order valence-corrected chi connectivity index (χ1v) is 22.7. The van der Waals surface area contributed by atoms with Gasteiger partial charge in [-0.1, -0.05) is 182 Å². The van der Waals surface area contributed by atoms with E-state index in [2.05, 4.69) is 227 Å². The van der Waals surface area contributed by atoms with E-state index in [1.807, 2.05) is 6.07 Å². The third-order valence-corrected chi connectivity index (χ3v) is 13.7. The van der Waals surface area contributed by atoms with Crippen LogP contribution >= 0.6 is 11.3 Å². The third kappa shape index (κ3) is 6.18. The first kappa shape index (κ1) is 37.1. The summed E-state index contributed by atoms with van der Waals surface area (Å²) in [7, 11) is 0. The molecule has 304 valence electrons. The molecule has 4 aromatic heterocycles. The van der Waals surface area contributed by atoms with Crippen LogP contribution in [0.25, 0.3) is 121 Å². The van der Waals surface area contributed by atoms with Gasteiger partial charge in [0.05, 0.1) is 43.7 Å². The SMILES string of the molecule is c1ccc(-c2ccc3nc4n(-c5c(-c6ccccc6)cc(-c6nc(-c7ccccc7)nc7c6sc6ccccc67)cc5-c5ccccc5)c5ccc(-c6ccccc6)cc5n4c3c2)cc1. The van der Waals surface area contributed by atoms with E-state index in [1.165, 1.54) is 10.3 Å². The molecule has 9 aromatic carbocycles. The van der Waals surface area contributed by atoms with Crippen molar-refractivity contribution in [2.24, 2.45) is 0 Å². The van der Waals surface area contributed by atoms with Crippen molar-refractivity contribution in [1.82, 2.24) is 23.9 Å². The van der Waals surface area contributed by atoms with E-state index in [0.717, 1.165) is 105 Å². The lowest BCUT2D eigenvalue weighted by Gasteiger charge is -2.20. The average Bonchev–Trinajstić information content (AvgIpc) is 4.05. The highest BCUT2D eigenvalue weighted by molar-refractivity contribution is 7.26. The van der Waals surface area contributed by atoms with Crippen LogP contribution in [-0.4, -0.2) is 23.9 Å². The molecule has 65 heavy (non-hydrogen) atoms. The predicted octanol–water partition coefficient (Wildman–Crippen LogP) is 15.6. The molecule has 0 saturated carbocycles. The Morgan fingerprint density at radius 1 is 0.369 bits per heavy atom. The van der Waals surface area contributed by atoms with Crippen LogP contribution in [0.2, 0.25) is 0 Å². The van der Waals surface area contributed by atoms with Gasteiger partial charge in [0, 0.05) is 32.3 Å². The van der Waals surface area contributed by atoms with Crippen molar-refractivity contribution in [3.63, 3.8) is 0 Å². The van der Waals surface area contributed by atoms with Crippen molar-refractivity contribution in [2.45, 2.75) is 0 Å². The number of aromatic nitrogens is 5. The van der Waals surface area contributed by atoms with Gasteiger partial charge in [-0.2, -0.15) is 0 Å². The Hall–Kier alpha value is -8.45. The molecule has 0 radical (unpaired) electrons. The normalized spacial score (nSPS) is 11.7. The monoisotopic (exact) mass is 847 g/mol. The van der Waals surface area contributed by atoms with E-state index in [0.29, 0.717) is 5.82 Å². The van der Waals surface area contributed by atoms with E-state index >= 15 is 0 Å². The molecule has 4 heterocycles. The van der Waals surface area contributed by atoms with Gasteiger partial charge in [-0.15, -0.1) is 11.3 Å². The number of rotatable bonds is 7. The molecule has 0 spiro atoms. The quantitative estimate of drug-likeness (QED) is 0.161. The Balaban J connectivity index is 1.17. The highest BCUT2D eigenvalue weighted by atomic mass is 32.1. The number of hydrogen-bond donors (Lipinski definition) is 0. The Labute approximate surface area is 378 Å². The minimum atomic E-state index is 0.703. The number of benzene rings is 9. The summed E-state index contributed by atoms with van der Waals surface area (Å²) in [5.41, 5.74) is 18.0. The summed E-state index contributed by atoms with van der Waals surface area (Å²) in [4.78, 5) is 16.3. The van der Waals surface area contributed by atoms with Crippen molar-refractivity contribution >= 4 is 59.5 Å². The average molecular weight is 848 g/mol. The van der Waals surface area contributed by atoms with Crippen molar-refractivity contribution in [3.8, 4) is 72.8 Å². The topological polar surface area (TPSA) is 48.0 Å². The van der Waals surface area contributed by atoms with Gasteiger partial charge >= 0.3 is 0 Å². The summed E-state index contributed by atoms with van der Waals surface area (Å²) in [5, 5.41) is 1.13. The number of fused-ring (bicyclic) bond motifs is 8. The van der Waals surface area contributed by atoms with Gasteiger partial charge in [0.15, 0.2) is 5.82 Å². The lowest BCUT2D eigenvalue weighted by molar-refractivity contribution is 1.11. The molecule has 0 fully saturated rings. The lowest BCUT2D eigenvalue weighted by Crippen LogP contribution is -2.03. The van der Waals surface area contributed by atoms with Crippen molar-refractivity contribution in [1.29, 1.82) is 0 Å². The van der Waals surface area contributed by atoms with Crippen molar-refractivity contribution in [3.05, 3.63) is 224 Å². The Kier molecular flexibility index (Phi) is 8.64. The molecule has 0 aliphatic heterocycles. The number of nitrogens with zero attached hydrogens (tertiary/aromatic N) is 5. The predicted molar refractivity (Wildman–Crippen MR) is 271 cm³/mol. The first-order chi connectivity index (χ1) is 32.2. The van der Waals surface area contributed by atoms with Gasteiger partial charge in [-0.25, -0.2) is 15.0 Å². The van der Waals surface area contributed by atoms with Gasteiger partial charge in [-0.05, 0) is 75.8 Å². The summed E-state index contributed by atoms with van der Waals surface area (Å²) in [6.45, 7) is 0. The fourth-order valence-electron chi connectivity index (χ4n) is 9.48. The summed E-state index contributed by atoms with van der Waals surface area (Å²) >= 11 is 1.75. The van der Waals surface area contributed by atoms with E-state index < -0.39 is 0 Å². The first-order valence-electron chi connectivity index (χ1n) is 21.9. The molecule has 5 nitrogen and oxygen atoms in total. The van der Waals surface area contributed by atoms with Crippen molar-refractivity contribution < 1.29 is 0 Å². The second-order valence-electron chi connectivity index (χ2n) is 16.4. The van der Waals surface area contributed by atoms with E-state index in [-0.39, 0.29) is 0 Å². The fourth-order valence-corrected chi connectivity index (χ4v) is 10.6. The molecular weight excluding hydrogens is 811 g/mol.